The van der Waals surface area contributed by atoms with Gasteiger partial charge in [0.2, 0.25) is 0 Å². The predicted molar refractivity (Wildman–Crippen MR) is 65.7 cm³/mol. The van der Waals surface area contributed by atoms with Crippen LogP contribution >= 0.6 is 0 Å². The molecule has 7 heteroatoms. The van der Waals surface area contributed by atoms with Gasteiger partial charge in [-0.3, -0.25) is 4.79 Å². The summed E-state index contributed by atoms with van der Waals surface area (Å²) in [6.45, 7) is 4.71. The Morgan fingerprint density at radius 2 is 1.85 bits per heavy atom. The van der Waals surface area contributed by atoms with Gasteiger partial charge in [0.05, 0.1) is 5.56 Å². The second-order valence-electron chi connectivity index (χ2n) is 5.13. The molecule has 0 atom stereocenters. The highest BCUT2D eigenvalue weighted by Crippen LogP contribution is 2.32. The number of hydrogen-bond donors (Lipinski definition) is 1. The Labute approximate surface area is 113 Å². The largest absolute Gasteiger partial charge is 0.459 e. The monoisotopic (exact) mass is 293 g/mol. The highest BCUT2D eigenvalue weighted by molar-refractivity contribution is 5.75. The third kappa shape index (κ3) is 5.07. The van der Waals surface area contributed by atoms with Gasteiger partial charge in [-0.2, -0.15) is 13.2 Å². The maximum Gasteiger partial charge on any atom is 0.419 e. The maximum atomic E-state index is 13.0. The predicted octanol–water partition coefficient (Wildman–Crippen LogP) is 3.60. The number of hydrogen-bond acceptors (Lipinski definition) is 3. The maximum absolute atomic E-state index is 13.0. The van der Waals surface area contributed by atoms with Gasteiger partial charge in [-0.15, -0.1) is 0 Å². The van der Waals surface area contributed by atoms with Crippen molar-refractivity contribution in [1.29, 1.82) is 0 Å². The van der Waals surface area contributed by atoms with E-state index in [1.165, 1.54) is 0 Å². The molecule has 1 aromatic carbocycles. The van der Waals surface area contributed by atoms with Crippen molar-refractivity contribution in [3.8, 4) is 0 Å². The molecule has 0 aliphatic heterocycles. The quantitative estimate of drug-likeness (QED) is 0.683. The van der Waals surface area contributed by atoms with E-state index in [1.54, 1.807) is 20.8 Å². The van der Waals surface area contributed by atoms with Gasteiger partial charge >= 0.3 is 12.1 Å². The van der Waals surface area contributed by atoms with Gasteiger partial charge in [-0.05, 0) is 39.0 Å². The van der Waals surface area contributed by atoms with E-state index in [4.69, 9.17) is 4.74 Å². The second-order valence-corrected chi connectivity index (χ2v) is 5.13. The first-order chi connectivity index (χ1) is 8.99. The van der Waals surface area contributed by atoms with Crippen molar-refractivity contribution in [3.63, 3.8) is 0 Å². The molecule has 0 fully saturated rings. The summed E-state index contributed by atoms with van der Waals surface area (Å²) in [6.07, 6.45) is -4.78. The molecule has 0 aromatic heterocycles. The number of alkyl halides is 3. The lowest BCUT2D eigenvalue weighted by Gasteiger charge is -2.20. The summed E-state index contributed by atoms with van der Waals surface area (Å²) in [7, 11) is 0. The molecule has 0 amide bonds. The average molecular weight is 293 g/mol. The van der Waals surface area contributed by atoms with Crippen LogP contribution in [0.5, 0.6) is 0 Å². The molecule has 1 N–H and O–H groups in total. The van der Waals surface area contributed by atoms with Crippen LogP contribution < -0.4 is 5.32 Å². The standard InChI is InChI=1S/C13H15F4NO2/c1-12(2,3)20-11(19)7-18-8-4-5-10(14)9(6-8)13(15,16)17/h4-6,18H,7H2,1-3H3. The Bertz CT molecular complexity index is 492. The van der Waals surface area contributed by atoms with Crippen molar-refractivity contribution in [3.05, 3.63) is 29.6 Å². The Morgan fingerprint density at radius 1 is 1.25 bits per heavy atom. The van der Waals surface area contributed by atoms with Crippen molar-refractivity contribution in [2.45, 2.75) is 32.5 Å². The summed E-state index contributed by atoms with van der Waals surface area (Å²) in [6, 6.07) is 2.43. The molecular weight excluding hydrogens is 278 g/mol. The zero-order valence-electron chi connectivity index (χ0n) is 11.3. The van der Waals surface area contributed by atoms with E-state index in [9.17, 15) is 22.4 Å². The van der Waals surface area contributed by atoms with Crippen LogP contribution in [0.1, 0.15) is 26.3 Å². The minimum Gasteiger partial charge on any atom is -0.459 e. The first-order valence-electron chi connectivity index (χ1n) is 5.81. The van der Waals surface area contributed by atoms with Crippen LogP contribution in [0.2, 0.25) is 0 Å². The van der Waals surface area contributed by atoms with Crippen molar-refractivity contribution in [2.75, 3.05) is 11.9 Å². The molecule has 3 nitrogen and oxygen atoms in total. The van der Waals surface area contributed by atoms with Gasteiger partial charge in [-0.1, -0.05) is 0 Å². The van der Waals surface area contributed by atoms with Crippen molar-refractivity contribution in [2.24, 2.45) is 0 Å². The first kappa shape index (κ1) is 16.3. The Balaban J connectivity index is 2.73. The van der Waals surface area contributed by atoms with Crippen LogP contribution in [-0.2, 0) is 15.7 Å². The summed E-state index contributed by atoms with van der Waals surface area (Å²) in [5.41, 5.74) is -2.07. The fourth-order valence-electron chi connectivity index (χ4n) is 1.40. The molecule has 0 aliphatic rings. The number of carbonyl (C=O) groups is 1. The van der Waals surface area contributed by atoms with E-state index >= 15 is 0 Å². The second kappa shape index (κ2) is 5.68. The van der Waals surface area contributed by atoms with Gasteiger partial charge in [0.25, 0.3) is 0 Å². The van der Waals surface area contributed by atoms with E-state index in [-0.39, 0.29) is 12.2 Å². The lowest BCUT2D eigenvalue weighted by molar-refractivity contribution is -0.152. The number of carbonyl (C=O) groups excluding carboxylic acids is 1. The van der Waals surface area contributed by atoms with Gasteiger partial charge < -0.3 is 10.1 Å². The fourth-order valence-corrected chi connectivity index (χ4v) is 1.40. The first-order valence-corrected chi connectivity index (χ1v) is 5.81. The highest BCUT2D eigenvalue weighted by atomic mass is 19.4. The third-order valence-corrected chi connectivity index (χ3v) is 2.13. The molecule has 1 aromatic rings. The number of esters is 1. The zero-order valence-corrected chi connectivity index (χ0v) is 11.3. The minimum absolute atomic E-state index is 0.00964. The van der Waals surface area contributed by atoms with E-state index in [1.807, 2.05) is 0 Å². The lowest BCUT2D eigenvalue weighted by Crippen LogP contribution is -2.28. The molecule has 0 spiro atoms. The van der Waals surface area contributed by atoms with Crippen LogP contribution in [0.3, 0.4) is 0 Å². The fraction of sp³-hybridized carbons (Fsp3) is 0.462. The number of anilines is 1. The summed E-state index contributed by atoms with van der Waals surface area (Å²) < 4.78 is 55.5. The topological polar surface area (TPSA) is 38.3 Å². The Hall–Kier alpha value is -1.79. The third-order valence-electron chi connectivity index (χ3n) is 2.13. The molecule has 112 valence electrons. The van der Waals surface area contributed by atoms with Crippen molar-refractivity contribution >= 4 is 11.7 Å². The van der Waals surface area contributed by atoms with Gasteiger partial charge in [0, 0.05) is 5.69 Å². The molecule has 0 heterocycles. The van der Waals surface area contributed by atoms with E-state index in [2.05, 4.69) is 5.32 Å². The van der Waals surface area contributed by atoms with Gasteiger partial charge in [0.1, 0.15) is 18.0 Å². The zero-order chi connectivity index (χ0) is 15.6. The summed E-state index contributed by atoms with van der Waals surface area (Å²) in [5, 5.41) is 2.47. The van der Waals surface area contributed by atoms with Crippen LogP contribution in [0.15, 0.2) is 18.2 Å². The molecule has 0 saturated heterocycles. The molecule has 0 aliphatic carbocycles. The summed E-state index contributed by atoms with van der Waals surface area (Å²) in [5.74, 6) is -1.98. The van der Waals surface area contributed by atoms with Crippen LogP contribution in [0.4, 0.5) is 23.2 Å². The normalized spacial score (nSPS) is 12.2. The Morgan fingerprint density at radius 3 is 2.35 bits per heavy atom. The number of nitrogens with one attached hydrogen (secondary N) is 1. The van der Waals surface area contributed by atoms with Gasteiger partial charge in [0.15, 0.2) is 0 Å². The summed E-state index contributed by atoms with van der Waals surface area (Å²) in [4.78, 5) is 11.4. The SMILES string of the molecule is CC(C)(C)OC(=O)CNc1ccc(F)c(C(F)(F)F)c1. The molecule has 20 heavy (non-hydrogen) atoms. The number of ether oxygens (including phenoxy) is 1. The van der Waals surface area contributed by atoms with Crippen molar-refractivity contribution < 1.29 is 27.1 Å². The molecule has 1 rings (SSSR count). The van der Waals surface area contributed by atoms with E-state index in [0.29, 0.717) is 12.1 Å². The van der Waals surface area contributed by atoms with E-state index < -0.39 is 29.1 Å². The van der Waals surface area contributed by atoms with Crippen LogP contribution in [-0.4, -0.2) is 18.1 Å². The number of benzene rings is 1. The van der Waals surface area contributed by atoms with Crippen LogP contribution in [0, 0.1) is 5.82 Å². The highest BCUT2D eigenvalue weighted by Gasteiger charge is 2.34. The summed E-state index contributed by atoms with van der Waals surface area (Å²) >= 11 is 0. The van der Waals surface area contributed by atoms with Crippen molar-refractivity contribution in [1.82, 2.24) is 0 Å². The van der Waals surface area contributed by atoms with E-state index in [0.717, 1.165) is 6.07 Å². The smallest absolute Gasteiger partial charge is 0.419 e. The molecular formula is C13H15F4NO2. The average Bonchev–Trinajstić information content (AvgIpc) is 2.24. The van der Waals surface area contributed by atoms with Crippen LogP contribution in [0.25, 0.3) is 0 Å². The van der Waals surface area contributed by atoms with Gasteiger partial charge in [-0.25, -0.2) is 4.39 Å². The minimum atomic E-state index is -4.78. The molecule has 0 bridgehead atoms. The Kier molecular flexibility index (Phi) is 4.62. The molecule has 0 saturated carbocycles. The lowest BCUT2D eigenvalue weighted by atomic mass is 10.2. The number of rotatable bonds is 3. The molecule has 0 unspecified atom stereocenters. The number of halogens is 4. The molecule has 0 radical (unpaired) electrons.